The normalized spacial score (nSPS) is 11.2. The van der Waals surface area contributed by atoms with Crippen molar-refractivity contribution in [2.24, 2.45) is 0 Å². The van der Waals surface area contributed by atoms with Gasteiger partial charge in [0.15, 0.2) is 5.58 Å². The van der Waals surface area contributed by atoms with Gasteiger partial charge in [-0.25, -0.2) is 4.98 Å². The number of hydrogen-bond acceptors (Lipinski definition) is 4. The number of nitrogens with two attached hydrogens (primary N) is 1. The molecule has 0 saturated heterocycles. The van der Waals surface area contributed by atoms with Crippen molar-refractivity contribution in [1.29, 1.82) is 0 Å². The number of aromatic nitrogens is 1. The van der Waals surface area contributed by atoms with Crippen LogP contribution in [0.2, 0.25) is 5.02 Å². The summed E-state index contributed by atoms with van der Waals surface area (Å²) in [5.74, 6) is 0.545. The maximum atomic E-state index is 5.92. The molecule has 2 aromatic heterocycles. The highest BCUT2D eigenvalue weighted by atomic mass is 35.5. The first kappa shape index (κ1) is 10.6. The fraction of sp³-hybridized carbons (Fsp3) is 0.0833. The molecule has 1 aromatic carbocycles. The average molecular weight is 265 g/mol. The number of oxazole rings is 1. The number of benzene rings is 1. The smallest absolute Gasteiger partial charge is 0.230 e. The van der Waals surface area contributed by atoms with Crippen LogP contribution in [-0.4, -0.2) is 4.98 Å². The van der Waals surface area contributed by atoms with Gasteiger partial charge in [-0.2, -0.15) is 0 Å². The van der Waals surface area contributed by atoms with Crippen molar-refractivity contribution in [3.63, 3.8) is 0 Å². The first-order valence-corrected chi connectivity index (χ1v) is 6.25. The summed E-state index contributed by atoms with van der Waals surface area (Å²) >= 11 is 7.43. The topological polar surface area (TPSA) is 52.0 Å². The molecular formula is C12H9ClN2OS. The summed E-state index contributed by atoms with van der Waals surface area (Å²) in [4.78, 5) is 5.54. The Balaban J connectivity index is 2.21. The van der Waals surface area contributed by atoms with Crippen molar-refractivity contribution in [3.05, 3.63) is 34.2 Å². The lowest BCUT2D eigenvalue weighted by Gasteiger charge is -1.90. The third-order valence-electron chi connectivity index (χ3n) is 2.46. The molecule has 0 saturated carbocycles. The van der Waals surface area contributed by atoms with E-state index in [2.05, 4.69) is 4.98 Å². The lowest BCUT2D eigenvalue weighted by Crippen LogP contribution is -1.82. The molecule has 3 rings (SSSR count). The third kappa shape index (κ3) is 1.79. The second-order valence-corrected chi connectivity index (χ2v) is 5.49. The van der Waals surface area contributed by atoms with Gasteiger partial charge >= 0.3 is 0 Å². The Labute approximate surface area is 107 Å². The van der Waals surface area contributed by atoms with E-state index in [-0.39, 0.29) is 0 Å². The minimum Gasteiger partial charge on any atom is -0.436 e. The number of fused-ring (bicyclic) bond motifs is 1. The molecule has 0 aliphatic rings. The number of hydrogen-bond donors (Lipinski definition) is 1. The molecule has 86 valence electrons. The third-order valence-corrected chi connectivity index (χ3v) is 3.58. The number of nitrogens with zero attached hydrogens (tertiary/aromatic N) is 1. The minimum absolute atomic E-state index is 0.545. The van der Waals surface area contributed by atoms with Crippen LogP contribution in [-0.2, 0) is 0 Å². The van der Waals surface area contributed by atoms with Gasteiger partial charge in [-0.1, -0.05) is 11.6 Å². The highest BCUT2D eigenvalue weighted by molar-refractivity contribution is 7.16. The van der Waals surface area contributed by atoms with E-state index in [4.69, 9.17) is 21.8 Å². The van der Waals surface area contributed by atoms with Crippen molar-refractivity contribution in [2.45, 2.75) is 6.92 Å². The van der Waals surface area contributed by atoms with E-state index in [1.54, 1.807) is 12.1 Å². The first-order valence-electron chi connectivity index (χ1n) is 5.06. The van der Waals surface area contributed by atoms with Gasteiger partial charge in [0.25, 0.3) is 0 Å². The Bertz CT molecular complexity index is 702. The van der Waals surface area contributed by atoms with E-state index >= 15 is 0 Å². The fourth-order valence-corrected chi connectivity index (χ4v) is 2.66. The van der Waals surface area contributed by atoms with Gasteiger partial charge in [0.1, 0.15) is 5.52 Å². The van der Waals surface area contributed by atoms with E-state index in [0.29, 0.717) is 16.5 Å². The fourth-order valence-electron chi connectivity index (χ4n) is 1.71. The standard InChI is InChI=1S/C12H9ClN2OS/c1-6-4-8(11(14)17-6)12-15-9-3-2-7(13)5-10(9)16-12/h2-5H,14H2,1H3. The van der Waals surface area contributed by atoms with Crippen molar-refractivity contribution >= 4 is 39.0 Å². The minimum atomic E-state index is 0.545. The Kier molecular flexibility index (Phi) is 2.34. The zero-order chi connectivity index (χ0) is 12.0. The number of aryl methyl sites for hydroxylation is 1. The monoisotopic (exact) mass is 264 g/mol. The van der Waals surface area contributed by atoms with Crippen LogP contribution < -0.4 is 5.73 Å². The Morgan fingerprint density at radius 3 is 2.88 bits per heavy atom. The molecule has 0 aliphatic heterocycles. The predicted octanol–water partition coefficient (Wildman–Crippen LogP) is 4.10. The summed E-state index contributed by atoms with van der Waals surface area (Å²) in [5.41, 5.74) is 8.23. The van der Waals surface area contributed by atoms with Crippen LogP contribution in [0, 0.1) is 6.92 Å². The molecule has 0 amide bonds. The summed E-state index contributed by atoms with van der Waals surface area (Å²) in [5, 5.41) is 1.36. The van der Waals surface area contributed by atoms with Crippen molar-refractivity contribution in [1.82, 2.24) is 4.98 Å². The zero-order valence-electron chi connectivity index (χ0n) is 9.03. The second-order valence-electron chi connectivity index (χ2n) is 3.77. The Morgan fingerprint density at radius 1 is 1.35 bits per heavy atom. The second kappa shape index (κ2) is 3.75. The van der Waals surface area contributed by atoms with Gasteiger partial charge in [-0.05, 0) is 25.1 Å². The van der Waals surface area contributed by atoms with E-state index in [1.165, 1.54) is 11.3 Å². The SMILES string of the molecule is Cc1cc(-c2nc3ccc(Cl)cc3o2)c(N)s1. The number of anilines is 1. The van der Waals surface area contributed by atoms with Crippen LogP contribution >= 0.6 is 22.9 Å². The molecule has 2 N–H and O–H groups in total. The molecule has 3 nitrogen and oxygen atoms in total. The summed E-state index contributed by atoms with van der Waals surface area (Å²) in [6, 6.07) is 7.35. The van der Waals surface area contributed by atoms with Crippen molar-refractivity contribution in [3.8, 4) is 11.5 Å². The molecule has 17 heavy (non-hydrogen) atoms. The summed E-state index contributed by atoms with van der Waals surface area (Å²) in [6.07, 6.45) is 0. The van der Waals surface area contributed by atoms with Gasteiger partial charge in [0.05, 0.1) is 10.6 Å². The van der Waals surface area contributed by atoms with Gasteiger partial charge in [-0.3, -0.25) is 0 Å². The highest BCUT2D eigenvalue weighted by Crippen LogP contribution is 2.34. The predicted molar refractivity (Wildman–Crippen MR) is 71.5 cm³/mol. The maximum Gasteiger partial charge on any atom is 0.230 e. The molecule has 0 unspecified atom stereocenters. The van der Waals surface area contributed by atoms with Crippen LogP contribution in [0.25, 0.3) is 22.6 Å². The van der Waals surface area contributed by atoms with Gasteiger partial charge < -0.3 is 10.2 Å². The summed E-state index contributed by atoms with van der Waals surface area (Å²) < 4.78 is 5.66. The first-order chi connectivity index (χ1) is 8.13. The van der Waals surface area contributed by atoms with Crippen LogP contribution in [0.4, 0.5) is 5.00 Å². The number of nitrogen functional groups attached to an aromatic ring is 1. The van der Waals surface area contributed by atoms with Gasteiger partial charge in [-0.15, -0.1) is 11.3 Å². The zero-order valence-corrected chi connectivity index (χ0v) is 10.6. The molecular weight excluding hydrogens is 256 g/mol. The van der Waals surface area contributed by atoms with E-state index in [0.717, 1.165) is 21.0 Å². The average Bonchev–Trinajstić information content (AvgIpc) is 2.80. The summed E-state index contributed by atoms with van der Waals surface area (Å²) in [6.45, 7) is 2.00. The molecule has 0 atom stereocenters. The molecule has 0 radical (unpaired) electrons. The van der Waals surface area contributed by atoms with Gasteiger partial charge in [0.2, 0.25) is 5.89 Å². The number of rotatable bonds is 1. The number of thiophene rings is 1. The van der Waals surface area contributed by atoms with E-state index < -0.39 is 0 Å². The van der Waals surface area contributed by atoms with Crippen LogP contribution in [0.3, 0.4) is 0 Å². The highest BCUT2D eigenvalue weighted by Gasteiger charge is 2.13. The van der Waals surface area contributed by atoms with Crippen molar-refractivity contribution in [2.75, 3.05) is 5.73 Å². The molecule has 0 aliphatic carbocycles. The van der Waals surface area contributed by atoms with Crippen LogP contribution in [0.15, 0.2) is 28.7 Å². The number of halogens is 1. The molecule has 0 spiro atoms. The summed E-state index contributed by atoms with van der Waals surface area (Å²) in [7, 11) is 0. The van der Waals surface area contributed by atoms with Crippen molar-refractivity contribution < 1.29 is 4.42 Å². The molecule has 0 fully saturated rings. The van der Waals surface area contributed by atoms with Crippen LogP contribution in [0.1, 0.15) is 4.88 Å². The van der Waals surface area contributed by atoms with E-state index in [9.17, 15) is 0 Å². The molecule has 0 bridgehead atoms. The maximum absolute atomic E-state index is 5.92. The van der Waals surface area contributed by atoms with Gasteiger partial charge in [0, 0.05) is 16.0 Å². The van der Waals surface area contributed by atoms with E-state index in [1.807, 2.05) is 19.1 Å². The molecule has 2 heterocycles. The quantitative estimate of drug-likeness (QED) is 0.720. The van der Waals surface area contributed by atoms with Crippen LogP contribution in [0.5, 0.6) is 0 Å². The largest absolute Gasteiger partial charge is 0.436 e. The lowest BCUT2D eigenvalue weighted by atomic mass is 10.3. The Hall–Kier alpha value is -1.52. The molecule has 3 aromatic rings. The lowest BCUT2D eigenvalue weighted by molar-refractivity contribution is 0.620. The Morgan fingerprint density at radius 2 is 2.18 bits per heavy atom. The molecule has 5 heteroatoms.